The summed E-state index contributed by atoms with van der Waals surface area (Å²) in [4.78, 5) is 37.4. The molecule has 0 aliphatic rings. The summed E-state index contributed by atoms with van der Waals surface area (Å²) in [6.45, 7) is 6.14. The van der Waals surface area contributed by atoms with Crippen LogP contribution in [0.15, 0.2) is 30.7 Å². The van der Waals surface area contributed by atoms with Crippen molar-refractivity contribution in [2.24, 2.45) is 0 Å². The number of anilines is 2. The molecule has 0 spiro atoms. The molecular weight excluding hydrogens is 420 g/mol. The second-order valence-electron chi connectivity index (χ2n) is 7.66. The molecule has 0 aliphatic heterocycles. The molecule has 0 saturated carbocycles. The van der Waals surface area contributed by atoms with Crippen LogP contribution in [0.25, 0.3) is 0 Å². The summed E-state index contributed by atoms with van der Waals surface area (Å²) < 4.78 is 0. The lowest BCUT2D eigenvalue weighted by atomic mass is 10.1. The zero-order valence-corrected chi connectivity index (χ0v) is 19.8. The normalized spacial score (nSPS) is 11.5. The van der Waals surface area contributed by atoms with Gasteiger partial charge in [-0.2, -0.15) is 4.98 Å². The summed E-state index contributed by atoms with van der Waals surface area (Å²) >= 11 is 0. The molecule has 0 bridgehead atoms. The molecule has 5 N–H and O–H groups in total. The zero-order valence-electron chi connectivity index (χ0n) is 19.8. The quantitative estimate of drug-likeness (QED) is 0.273. The van der Waals surface area contributed by atoms with Gasteiger partial charge in [0.15, 0.2) is 0 Å². The van der Waals surface area contributed by atoms with E-state index in [0.29, 0.717) is 43.4 Å². The first-order chi connectivity index (χ1) is 16.1. The number of rotatable bonds is 15. The lowest BCUT2D eigenvalue weighted by Crippen LogP contribution is -2.41. The largest absolute Gasteiger partial charge is 0.369 e. The molecule has 1 unspecified atom stereocenters. The molecule has 10 heteroatoms. The minimum absolute atomic E-state index is 0.00654. The highest BCUT2D eigenvalue weighted by atomic mass is 16.2. The lowest BCUT2D eigenvalue weighted by Gasteiger charge is -2.17. The first-order valence-corrected chi connectivity index (χ1v) is 11.5. The smallest absolute Gasteiger partial charge is 0.256 e. The number of aromatic nitrogens is 3. The Morgan fingerprint density at radius 1 is 1.06 bits per heavy atom. The van der Waals surface area contributed by atoms with E-state index in [1.165, 1.54) is 5.56 Å². The number of likely N-dealkylation sites (N-methyl/N-ethyl adjacent to an activating group) is 1. The highest BCUT2D eigenvalue weighted by molar-refractivity contribution is 5.98. The Kier molecular flexibility index (Phi) is 11.6. The van der Waals surface area contributed by atoms with E-state index in [1.807, 2.05) is 19.1 Å². The summed E-state index contributed by atoms with van der Waals surface area (Å²) in [5.74, 6) is 0.679. The molecule has 2 aromatic rings. The van der Waals surface area contributed by atoms with Gasteiger partial charge in [-0.1, -0.05) is 13.8 Å². The molecule has 180 valence electrons. The average molecular weight is 457 g/mol. The van der Waals surface area contributed by atoms with Crippen LogP contribution in [0.4, 0.5) is 11.8 Å². The Hall–Kier alpha value is -3.27. The van der Waals surface area contributed by atoms with Crippen LogP contribution < -0.4 is 26.6 Å². The summed E-state index contributed by atoms with van der Waals surface area (Å²) in [7, 11) is 1.73. The van der Waals surface area contributed by atoms with E-state index < -0.39 is 0 Å². The molecule has 0 saturated heterocycles. The molecule has 0 fully saturated rings. The van der Waals surface area contributed by atoms with Crippen molar-refractivity contribution in [1.82, 2.24) is 30.9 Å². The van der Waals surface area contributed by atoms with Crippen LogP contribution in [0, 0.1) is 0 Å². The number of nitrogens with zero attached hydrogens (tertiary/aromatic N) is 3. The van der Waals surface area contributed by atoms with Crippen molar-refractivity contribution >= 4 is 23.6 Å². The highest BCUT2D eigenvalue weighted by Gasteiger charge is 2.16. The summed E-state index contributed by atoms with van der Waals surface area (Å²) in [5, 5.41) is 15.1. The van der Waals surface area contributed by atoms with Crippen LogP contribution in [-0.4, -0.2) is 66.0 Å². The predicted octanol–water partition coefficient (Wildman–Crippen LogP) is 1.58. The molecule has 2 heterocycles. The number of pyridine rings is 1. The minimum Gasteiger partial charge on any atom is -0.369 e. The van der Waals surface area contributed by atoms with Gasteiger partial charge >= 0.3 is 0 Å². The van der Waals surface area contributed by atoms with Crippen molar-refractivity contribution in [3.63, 3.8) is 0 Å². The summed E-state index contributed by atoms with van der Waals surface area (Å²) in [5.41, 5.74) is 1.57. The summed E-state index contributed by atoms with van der Waals surface area (Å²) in [6.07, 6.45) is 8.23. The van der Waals surface area contributed by atoms with E-state index >= 15 is 0 Å². The number of nitrogens with one attached hydrogen (secondary N) is 5. The molecule has 2 aromatic heterocycles. The molecule has 33 heavy (non-hydrogen) atoms. The maximum atomic E-state index is 12.8. The van der Waals surface area contributed by atoms with Crippen LogP contribution in [0.1, 0.15) is 49.0 Å². The van der Waals surface area contributed by atoms with E-state index in [0.717, 1.165) is 19.3 Å². The summed E-state index contributed by atoms with van der Waals surface area (Å²) in [6, 6.07) is 3.95. The van der Waals surface area contributed by atoms with Crippen molar-refractivity contribution in [3.8, 4) is 0 Å². The van der Waals surface area contributed by atoms with Crippen molar-refractivity contribution in [2.45, 2.75) is 45.6 Å². The molecule has 2 rings (SSSR count). The van der Waals surface area contributed by atoms with Gasteiger partial charge in [0.05, 0.1) is 6.54 Å². The molecule has 10 nitrogen and oxygen atoms in total. The third-order valence-corrected chi connectivity index (χ3v) is 5.00. The number of amides is 2. The molecule has 0 aliphatic carbocycles. The SMILES string of the molecule is CCCNc1nc(NCCc2ccncc2)ncc1C(=O)NCCC(CC)NC(=O)CNC. The van der Waals surface area contributed by atoms with Crippen molar-refractivity contribution in [2.75, 3.05) is 43.9 Å². The Morgan fingerprint density at radius 3 is 2.55 bits per heavy atom. The van der Waals surface area contributed by atoms with Gasteiger partial charge < -0.3 is 26.6 Å². The van der Waals surface area contributed by atoms with E-state index in [-0.39, 0.29) is 24.4 Å². The predicted molar refractivity (Wildman–Crippen MR) is 130 cm³/mol. The number of carbonyl (C=O) groups excluding carboxylic acids is 2. The van der Waals surface area contributed by atoms with Gasteiger partial charge in [-0.05, 0) is 50.4 Å². The Morgan fingerprint density at radius 2 is 1.85 bits per heavy atom. The highest BCUT2D eigenvalue weighted by Crippen LogP contribution is 2.14. The third-order valence-electron chi connectivity index (χ3n) is 5.00. The topological polar surface area (TPSA) is 133 Å². The van der Waals surface area contributed by atoms with E-state index in [1.54, 1.807) is 25.6 Å². The molecule has 0 aromatic carbocycles. The number of hydrogen-bond acceptors (Lipinski definition) is 8. The molecule has 1 atom stereocenters. The maximum Gasteiger partial charge on any atom is 0.256 e. The monoisotopic (exact) mass is 456 g/mol. The number of carbonyl (C=O) groups is 2. The van der Waals surface area contributed by atoms with Gasteiger partial charge in [0.1, 0.15) is 11.4 Å². The van der Waals surface area contributed by atoms with Crippen LogP contribution in [0.3, 0.4) is 0 Å². The van der Waals surface area contributed by atoms with Gasteiger partial charge in [0.2, 0.25) is 11.9 Å². The van der Waals surface area contributed by atoms with Crippen molar-refractivity contribution < 1.29 is 9.59 Å². The minimum atomic E-state index is -0.242. The first-order valence-electron chi connectivity index (χ1n) is 11.5. The second kappa shape index (κ2) is 14.7. The third kappa shape index (κ3) is 9.40. The fourth-order valence-corrected chi connectivity index (χ4v) is 3.15. The Balaban J connectivity index is 1.93. The molecular formula is C23H36N8O2. The van der Waals surface area contributed by atoms with Gasteiger partial charge in [-0.25, -0.2) is 4.98 Å². The fraction of sp³-hybridized carbons (Fsp3) is 0.522. The second-order valence-corrected chi connectivity index (χ2v) is 7.66. The Bertz CT molecular complexity index is 863. The molecule has 2 amide bonds. The van der Waals surface area contributed by atoms with Crippen molar-refractivity contribution in [1.29, 1.82) is 0 Å². The Labute approximate surface area is 195 Å². The lowest BCUT2D eigenvalue weighted by molar-refractivity contribution is -0.120. The van der Waals surface area contributed by atoms with E-state index in [9.17, 15) is 9.59 Å². The first kappa shape index (κ1) is 26.0. The average Bonchev–Trinajstić information content (AvgIpc) is 2.83. The van der Waals surface area contributed by atoms with Gasteiger partial charge in [0, 0.05) is 44.3 Å². The van der Waals surface area contributed by atoms with Crippen LogP contribution >= 0.6 is 0 Å². The van der Waals surface area contributed by atoms with Crippen LogP contribution in [0.2, 0.25) is 0 Å². The standard InChI is InChI=1S/C23H36N8O2/c1-4-10-26-21-19(22(33)27-14-9-18(5-2)30-20(32)16-24-3)15-29-23(31-21)28-13-8-17-6-11-25-12-7-17/h6-7,11-12,15,18,24H,4-5,8-10,13-14,16H2,1-3H3,(H,27,33)(H,30,32)(H2,26,28,29,31). The van der Waals surface area contributed by atoms with Crippen molar-refractivity contribution in [3.05, 3.63) is 41.9 Å². The number of hydrogen-bond donors (Lipinski definition) is 5. The van der Waals surface area contributed by atoms with Gasteiger partial charge in [-0.3, -0.25) is 14.6 Å². The van der Waals surface area contributed by atoms with E-state index in [2.05, 4.69) is 48.5 Å². The van der Waals surface area contributed by atoms with Crippen LogP contribution in [-0.2, 0) is 11.2 Å². The van der Waals surface area contributed by atoms with Gasteiger partial charge in [-0.15, -0.1) is 0 Å². The van der Waals surface area contributed by atoms with Crippen LogP contribution in [0.5, 0.6) is 0 Å². The maximum absolute atomic E-state index is 12.8. The fourth-order valence-electron chi connectivity index (χ4n) is 3.15. The van der Waals surface area contributed by atoms with Gasteiger partial charge in [0.25, 0.3) is 5.91 Å². The van der Waals surface area contributed by atoms with E-state index in [4.69, 9.17) is 0 Å². The zero-order chi connectivity index (χ0) is 23.9. The molecule has 0 radical (unpaired) electrons.